The van der Waals surface area contributed by atoms with Crippen molar-refractivity contribution in [2.45, 2.75) is 26.3 Å². The Balaban J connectivity index is 2.66. The molecule has 0 bridgehead atoms. The minimum absolute atomic E-state index is 0.0181. The molecular weight excluding hydrogens is 300 g/mol. The SMILES string of the molecule is CC(C)(C)Nc1cc(C(=O)O)nc2c(Br)cnn12. The van der Waals surface area contributed by atoms with Gasteiger partial charge in [0.15, 0.2) is 11.3 Å². The molecule has 0 saturated heterocycles. The molecule has 2 aromatic rings. The van der Waals surface area contributed by atoms with Gasteiger partial charge >= 0.3 is 5.97 Å². The summed E-state index contributed by atoms with van der Waals surface area (Å²) < 4.78 is 2.23. The second-order valence-electron chi connectivity index (χ2n) is 4.93. The van der Waals surface area contributed by atoms with Gasteiger partial charge < -0.3 is 10.4 Å². The zero-order valence-corrected chi connectivity index (χ0v) is 11.8. The van der Waals surface area contributed by atoms with Crippen molar-refractivity contribution < 1.29 is 9.90 Å². The average molecular weight is 313 g/mol. The van der Waals surface area contributed by atoms with E-state index in [-0.39, 0.29) is 11.2 Å². The first-order chi connectivity index (χ1) is 8.28. The smallest absolute Gasteiger partial charge is 0.354 e. The molecule has 0 saturated carbocycles. The highest BCUT2D eigenvalue weighted by Gasteiger charge is 2.17. The molecule has 2 N–H and O–H groups in total. The zero-order chi connectivity index (χ0) is 13.5. The number of anilines is 1. The van der Waals surface area contributed by atoms with Crippen molar-refractivity contribution in [1.82, 2.24) is 14.6 Å². The first kappa shape index (κ1) is 12.8. The van der Waals surface area contributed by atoms with Crippen LogP contribution in [0, 0.1) is 0 Å². The number of carbonyl (C=O) groups is 1. The van der Waals surface area contributed by atoms with Crippen LogP contribution >= 0.6 is 15.9 Å². The summed E-state index contributed by atoms with van der Waals surface area (Å²) in [6.07, 6.45) is 1.59. The molecule has 96 valence electrons. The maximum Gasteiger partial charge on any atom is 0.354 e. The molecule has 0 fully saturated rings. The maximum atomic E-state index is 11.1. The first-order valence-electron chi connectivity index (χ1n) is 5.34. The Labute approximate surface area is 112 Å². The van der Waals surface area contributed by atoms with Gasteiger partial charge in [-0.1, -0.05) is 0 Å². The normalized spacial score (nSPS) is 11.8. The predicted molar refractivity (Wildman–Crippen MR) is 71.0 cm³/mol. The highest BCUT2D eigenvalue weighted by Crippen LogP contribution is 2.22. The highest BCUT2D eigenvalue weighted by molar-refractivity contribution is 9.10. The van der Waals surface area contributed by atoms with Crippen LogP contribution in [-0.2, 0) is 0 Å². The lowest BCUT2D eigenvalue weighted by atomic mass is 10.1. The van der Waals surface area contributed by atoms with Crippen LogP contribution < -0.4 is 5.32 Å². The van der Waals surface area contributed by atoms with Crippen LogP contribution in [0.1, 0.15) is 31.3 Å². The third kappa shape index (κ3) is 2.45. The molecule has 0 aliphatic carbocycles. The molecule has 2 aromatic heterocycles. The summed E-state index contributed by atoms with van der Waals surface area (Å²) in [5, 5.41) is 16.4. The topological polar surface area (TPSA) is 79.5 Å². The van der Waals surface area contributed by atoms with Crippen molar-refractivity contribution in [3.63, 3.8) is 0 Å². The standard InChI is InChI=1S/C11H13BrN4O2/c1-11(2,3)15-8-4-7(10(17)18)14-9-6(12)5-13-16(8)9/h4-5,15H,1-3H3,(H,17,18). The van der Waals surface area contributed by atoms with Gasteiger partial charge in [0.25, 0.3) is 0 Å². The minimum atomic E-state index is -1.07. The van der Waals surface area contributed by atoms with E-state index in [1.165, 1.54) is 6.07 Å². The van der Waals surface area contributed by atoms with Gasteiger partial charge in [0.05, 0.1) is 10.7 Å². The third-order valence-electron chi connectivity index (χ3n) is 2.15. The van der Waals surface area contributed by atoms with E-state index in [9.17, 15) is 4.79 Å². The molecule has 0 aliphatic heterocycles. The fourth-order valence-electron chi connectivity index (χ4n) is 1.52. The van der Waals surface area contributed by atoms with Gasteiger partial charge in [0.2, 0.25) is 0 Å². The zero-order valence-electron chi connectivity index (χ0n) is 10.2. The maximum absolute atomic E-state index is 11.1. The second kappa shape index (κ2) is 4.24. The number of carboxylic acid groups (broad SMARTS) is 1. The van der Waals surface area contributed by atoms with Crippen molar-refractivity contribution in [2.24, 2.45) is 0 Å². The molecule has 0 aromatic carbocycles. The molecule has 0 amide bonds. The van der Waals surface area contributed by atoms with E-state index in [4.69, 9.17) is 5.11 Å². The van der Waals surface area contributed by atoms with Crippen LogP contribution in [-0.4, -0.2) is 31.2 Å². The minimum Gasteiger partial charge on any atom is -0.477 e. The average Bonchev–Trinajstić information content (AvgIpc) is 2.58. The molecule has 0 radical (unpaired) electrons. The highest BCUT2D eigenvalue weighted by atomic mass is 79.9. The van der Waals surface area contributed by atoms with Crippen molar-refractivity contribution in [2.75, 3.05) is 5.32 Å². The quantitative estimate of drug-likeness (QED) is 0.890. The van der Waals surface area contributed by atoms with Crippen LogP contribution in [0.2, 0.25) is 0 Å². The summed E-state index contributed by atoms with van der Waals surface area (Å²) in [5.41, 5.74) is 0.250. The van der Waals surface area contributed by atoms with E-state index in [0.29, 0.717) is 15.9 Å². The summed E-state index contributed by atoms with van der Waals surface area (Å²) in [5.74, 6) is -0.474. The summed E-state index contributed by atoms with van der Waals surface area (Å²) in [7, 11) is 0. The Morgan fingerprint density at radius 2 is 2.17 bits per heavy atom. The molecule has 0 atom stereocenters. The van der Waals surface area contributed by atoms with Gasteiger partial charge in [-0.2, -0.15) is 9.61 Å². The number of hydrogen-bond donors (Lipinski definition) is 2. The number of aromatic carboxylic acids is 1. The Hall–Kier alpha value is -1.63. The number of aromatic nitrogens is 3. The van der Waals surface area contributed by atoms with Crippen LogP contribution in [0.25, 0.3) is 5.65 Å². The molecule has 7 heteroatoms. The van der Waals surface area contributed by atoms with Gasteiger partial charge in [0.1, 0.15) is 5.82 Å². The van der Waals surface area contributed by atoms with Crippen LogP contribution in [0.15, 0.2) is 16.7 Å². The molecule has 2 rings (SSSR count). The Morgan fingerprint density at radius 3 is 2.72 bits per heavy atom. The molecule has 0 unspecified atom stereocenters. The fourth-order valence-corrected chi connectivity index (χ4v) is 1.87. The number of nitrogens with zero attached hydrogens (tertiary/aromatic N) is 3. The van der Waals surface area contributed by atoms with E-state index in [2.05, 4.69) is 31.3 Å². The van der Waals surface area contributed by atoms with Gasteiger partial charge in [-0.3, -0.25) is 0 Å². The van der Waals surface area contributed by atoms with Crippen LogP contribution in [0.3, 0.4) is 0 Å². The summed E-state index contributed by atoms with van der Waals surface area (Å²) in [6, 6.07) is 1.47. The molecule has 18 heavy (non-hydrogen) atoms. The lowest BCUT2D eigenvalue weighted by Gasteiger charge is -2.22. The summed E-state index contributed by atoms with van der Waals surface area (Å²) >= 11 is 3.30. The van der Waals surface area contributed by atoms with E-state index in [1.807, 2.05) is 20.8 Å². The number of carboxylic acids is 1. The number of rotatable bonds is 2. The molecular formula is C11H13BrN4O2. The second-order valence-corrected chi connectivity index (χ2v) is 5.79. The fraction of sp³-hybridized carbons (Fsp3) is 0.364. The predicted octanol–water partition coefficient (Wildman–Crippen LogP) is 2.40. The molecule has 6 nitrogen and oxygen atoms in total. The Morgan fingerprint density at radius 1 is 1.50 bits per heavy atom. The summed E-state index contributed by atoms with van der Waals surface area (Å²) in [6.45, 7) is 5.95. The van der Waals surface area contributed by atoms with Crippen LogP contribution in [0.4, 0.5) is 5.82 Å². The van der Waals surface area contributed by atoms with Crippen molar-refractivity contribution in [1.29, 1.82) is 0 Å². The van der Waals surface area contributed by atoms with Crippen molar-refractivity contribution in [3.8, 4) is 0 Å². The van der Waals surface area contributed by atoms with Crippen molar-refractivity contribution in [3.05, 3.63) is 22.4 Å². The van der Waals surface area contributed by atoms with Gasteiger partial charge in [-0.25, -0.2) is 9.78 Å². The summed E-state index contributed by atoms with van der Waals surface area (Å²) in [4.78, 5) is 15.1. The monoisotopic (exact) mass is 312 g/mol. The first-order valence-corrected chi connectivity index (χ1v) is 6.13. The van der Waals surface area contributed by atoms with Crippen LogP contribution in [0.5, 0.6) is 0 Å². The van der Waals surface area contributed by atoms with E-state index in [1.54, 1.807) is 10.7 Å². The number of halogens is 1. The lowest BCUT2D eigenvalue weighted by molar-refractivity contribution is 0.0690. The molecule has 0 spiro atoms. The van der Waals surface area contributed by atoms with Gasteiger partial charge in [0, 0.05) is 11.6 Å². The van der Waals surface area contributed by atoms with E-state index >= 15 is 0 Å². The van der Waals surface area contributed by atoms with Gasteiger partial charge in [-0.05, 0) is 36.7 Å². The number of nitrogens with one attached hydrogen (secondary N) is 1. The lowest BCUT2D eigenvalue weighted by Crippen LogP contribution is -2.28. The number of hydrogen-bond acceptors (Lipinski definition) is 4. The van der Waals surface area contributed by atoms with Gasteiger partial charge in [-0.15, -0.1) is 0 Å². The Bertz CT molecular complexity index is 615. The molecule has 0 aliphatic rings. The Kier molecular flexibility index (Phi) is 3.02. The number of fused-ring (bicyclic) bond motifs is 1. The molecule has 2 heterocycles. The third-order valence-corrected chi connectivity index (χ3v) is 2.71. The van der Waals surface area contributed by atoms with Crippen molar-refractivity contribution >= 4 is 33.4 Å². The van der Waals surface area contributed by atoms with E-state index in [0.717, 1.165) is 0 Å². The van der Waals surface area contributed by atoms with E-state index < -0.39 is 5.97 Å². The largest absolute Gasteiger partial charge is 0.477 e.